The highest BCUT2D eigenvalue weighted by Gasteiger charge is 2.34. The van der Waals surface area contributed by atoms with Crippen LogP contribution >= 0.6 is 11.3 Å². The zero-order valence-corrected chi connectivity index (χ0v) is 13.4. The predicted octanol–water partition coefficient (Wildman–Crippen LogP) is -0.638. The van der Waals surface area contributed by atoms with Crippen LogP contribution in [0.15, 0.2) is 5.38 Å². The highest BCUT2D eigenvalue weighted by Crippen LogP contribution is 2.18. The van der Waals surface area contributed by atoms with Crippen LogP contribution in [-0.2, 0) is 14.8 Å². The second kappa shape index (κ2) is 6.26. The second-order valence-electron chi connectivity index (χ2n) is 5.01. The first-order chi connectivity index (χ1) is 9.79. The first-order valence-electron chi connectivity index (χ1n) is 6.29. The fourth-order valence-electron chi connectivity index (χ4n) is 1.98. The van der Waals surface area contributed by atoms with E-state index >= 15 is 0 Å². The summed E-state index contributed by atoms with van der Waals surface area (Å²) in [4.78, 5) is 15.9. The second-order valence-corrected chi connectivity index (χ2v) is 8.13. The number of anilines is 1. The Balaban J connectivity index is 2.01. The smallest absolute Gasteiger partial charge is 0.271 e. The molecular weight excluding hydrogens is 316 g/mol. The summed E-state index contributed by atoms with van der Waals surface area (Å²) in [7, 11) is -0.377. The maximum Gasteiger partial charge on any atom is 0.271 e. The number of hydrogen-bond donors (Lipinski definition) is 2. The quantitative estimate of drug-likeness (QED) is 0.740. The van der Waals surface area contributed by atoms with E-state index in [-0.39, 0.29) is 29.3 Å². The van der Waals surface area contributed by atoms with E-state index in [0.717, 1.165) is 0 Å². The van der Waals surface area contributed by atoms with Crippen molar-refractivity contribution < 1.29 is 17.9 Å². The van der Waals surface area contributed by atoms with E-state index in [1.54, 1.807) is 5.38 Å². The van der Waals surface area contributed by atoms with Gasteiger partial charge in [-0.3, -0.25) is 4.79 Å². The Bertz CT molecular complexity index is 613. The minimum atomic E-state index is -3.34. The molecule has 3 N–H and O–H groups in total. The number of nitrogens with one attached hydrogen (secondary N) is 1. The minimum absolute atomic E-state index is 0.0653. The topological polar surface area (TPSA) is 115 Å². The molecule has 1 fully saturated rings. The van der Waals surface area contributed by atoms with Gasteiger partial charge in [0.2, 0.25) is 10.0 Å². The van der Waals surface area contributed by atoms with Gasteiger partial charge < -0.3 is 15.8 Å². The van der Waals surface area contributed by atoms with Crippen molar-refractivity contribution in [1.82, 2.24) is 14.6 Å². The molecule has 1 aliphatic rings. The maximum absolute atomic E-state index is 12.0. The largest absolute Gasteiger partial charge is 0.379 e. The Morgan fingerprint density at radius 2 is 2.29 bits per heavy atom. The highest BCUT2D eigenvalue weighted by atomic mass is 32.2. The number of aromatic nitrogens is 1. The monoisotopic (exact) mass is 334 g/mol. The van der Waals surface area contributed by atoms with Gasteiger partial charge in [0.1, 0.15) is 5.69 Å². The van der Waals surface area contributed by atoms with Crippen LogP contribution in [0.3, 0.4) is 0 Å². The van der Waals surface area contributed by atoms with Gasteiger partial charge >= 0.3 is 0 Å². The van der Waals surface area contributed by atoms with Crippen molar-refractivity contribution in [3.8, 4) is 0 Å². The molecule has 10 heteroatoms. The summed E-state index contributed by atoms with van der Waals surface area (Å²) in [5, 5.41) is 4.64. The molecule has 1 aromatic heterocycles. The summed E-state index contributed by atoms with van der Waals surface area (Å²) < 4.78 is 30.3. The third kappa shape index (κ3) is 3.90. The van der Waals surface area contributed by atoms with E-state index in [1.165, 1.54) is 29.7 Å². The summed E-state index contributed by atoms with van der Waals surface area (Å²) in [6, 6.07) is -0.352. The van der Waals surface area contributed by atoms with E-state index < -0.39 is 10.0 Å². The molecule has 118 valence electrons. The summed E-state index contributed by atoms with van der Waals surface area (Å²) in [5.41, 5.74) is 5.72. The predicted molar refractivity (Wildman–Crippen MR) is 79.6 cm³/mol. The van der Waals surface area contributed by atoms with Crippen LogP contribution in [0.1, 0.15) is 10.5 Å². The first kappa shape index (κ1) is 16.1. The van der Waals surface area contributed by atoms with Crippen molar-refractivity contribution in [1.29, 1.82) is 0 Å². The number of hydrogen-bond acceptors (Lipinski definition) is 7. The molecule has 0 aromatic carbocycles. The van der Waals surface area contributed by atoms with Gasteiger partial charge in [-0.25, -0.2) is 17.7 Å². The van der Waals surface area contributed by atoms with Gasteiger partial charge in [-0.1, -0.05) is 0 Å². The summed E-state index contributed by atoms with van der Waals surface area (Å²) >= 11 is 1.18. The molecule has 2 atom stereocenters. The van der Waals surface area contributed by atoms with Crippen molar-refractivity contribution >= 4 is 32.4 Å². The summed E-state index contributed by atoms with van der Waals surface area (Å²) in [6.07, 6.45) is 0. The third-order valence-corrected chi connectivity index (χ3v) is 5.89. The number of carbonyl (C=O) groups excluding carboxylic acids is 1. The van der Waals surface area contributed by atoms with Gasteiger partial charge in [0, 0.05) is 25.4 Å². The van der Waals surface area contributed by atoms with Crippen LogP contribution in [-0.4, -0.2) is 62.7 Å². The van der Waals surface area contributed by atoms with Crippen molar-refractivity contribution in [2.24, 2.45) is 5.92 Å². The Hall–Kier alpha value is -1.23. The van der Waals surface area contributed by atoms with Gasteiger partial charge in [-0.05, 0) is 0 Å². The first-order valence-corrected chi connectivity index (χ1v) is 8.78. The molecule has 0 radical (unpaired) electrons. The molecular formula is C11H18N4O4S2. The van der Waals surface area contributed by atoms with Crippen molar-refractivity contribution in [3.05, 3.63) is 11.1 Å². The van der Waals surface area contributed by atoms with Crippen LogP contribution in [0.5, 0.6) is 0 Å². The molecule has 0 bridgehead atoms. The normalized spacial score (nSPS) is 22.6. The average molecular weight is 334 g/mol. The number of amides is 1. The van der Waals surface area contributed by atoms with Crippen molar-refractivity contribution in [2.75, 3.05) is 38.8 Å². The molecule has 21 heavy (non-hydrogen) atoms. The number of nitrogens with two attached hydrogens (primary N) is 1. The van der Waals surface area contributed by atoms with Gasteiger partial charge in [-0.15, -0.1) is 11.3 Å². The molecule has 0 unspecified atom stereocenters. The lowest BCUT2D eigenvalue weighted by Gasteiger charge is -2.20. The van der Waals surface area contributed by atoms with Gasteiger partial charge in [0.25, 0.3) is 5.91 Å². The minimum Gasteiger partial charge on any atom is -0.379 e. The molecule has 0 aliphatic carbocycles. The zero-order chi connectivity index (χ0) is 15.6. The molecule has 8 nitrogen and oxygen atoms in total. The summed E-state index contributed by atoms with van der Waals surface area (Å²) in [5.74, 6) is -0.715. The van der Waals surface area contributed by atoms with Crippen LogP contribution in [0, 0.1) is 5.92 Å². The third-order valence-electron chi connectivity index (χ3n) is 3.25. The van der Waals surface area contributed by atoms with Crippen LogP contribution in [0.4, 0.5) is 5.13 Å². The fourth-order valence-corrected chi connectivity index (χ4v) is 3.69. The molecule has 0 saturated carbocycles. The van der Waals surface area contributed by atoms with Crippen LogP contribution in [0.25, 0.3) is 0 Å². The summed E-state index contributed by atoms with van der Waals surface area (Å²) in [6.45, 7) is 0.593. The Morgan fingerprint density at radius 3 is 2.86 bits per heavy atom. The van der Waals surface area contributed by atoms with E-state index in [0.29, 0.717) is 18.3 Å². The Morgan fingerprint density at radius 1 is 1.57 bits per heavy atom. The lowest BCUT2D eigenvalue weighted by molar-refractivity contribution is 0.0921. The van der Waals surface area contributed by atoms with E-state index in [9.17, 15) is 13.2 Å². The standard InChI is InChI=1S/C11H18N4O4S2/c1-15(2)21(17,18)6-7-3-19-4-8(7)13-10(16)9-5-20-11(12)14-9/h5,7-8H,3-4,6H2,1-2H3,(H2,12,14)(H,13,16)/t7-,8-/m0/s1. The molecule has 1 amide bonds. The number of rotatable bonds is 5. The number of nitrogen functional groups attached to an aromatic ring is 1. The number of nitrogens with zero attached hydrogens (tertiary/aromatic N) is 2. The zero-order valence-electron chi connectivity index (χ0n) is 11.8. The maximum atomic E-state index is 12.0. The number of sulfonamides is 1. The van der Waals surface area contributed by atoms with E-state index in [2.05, 4.69) is 10.3 Å². The Kier molecular flexibility index (Phi) is 4.81. The van der Waals surface area contributed by atoms with E-state index in [4.69, 9.17) is 10.5 Å². The molecule has 2 heterocycles. The van der Waals surface area contributed by atoms with Gasteiger partial charge in [0.15, 0.2) is 5.13 Å². The molecule has 1 aromatic rings. The SMILES string of the molecule is CN(C)S(=O)(=O)C[C@@H]1COC[C@@H]1NC(=O)c1csc(N)n1. The van der Waals surface area contributed by atoms with E-state index in [1.807, 2.05) is 0 Å². The van der Waals surface area contributed by atoms with Crippen LogP contribution < -0.4 is 11.1 Å². The number of thiazole rings is 1. The lowest BCUT2D eigenvalue weighted by atomic mass is 10.1. The molecule has 1 aliphatic heterocycles. The van der Waals surface area contributed by atoms with Crippen molar-refractivity contribution in [2.45, 2.75) is 6.04 Å². The average Bonchev–Trinajstić information content (AvgIpc) is 2.99. The van der Waals surface area contributed by atoms with Crippen LogP contribution in [0.2, 0.25) is 0 Å². The number of carbonyl (C=O) groups is 1. The number of ether oxygens (including phenoxy) is 1. The highest BCUT2D eigenvalue weighted by molar-refractivity contribution is 7.89. The van der Waals surface area contributed by atoms with Crippen molar-refractivity contribution in [3.63, 3.8) is 0 Å². The molecule has 2 rings (SSSR count). The Labute approximate surface area is 127 Å². The molecule has 0 spiro atoms. The van der Waals surface area contributed by atoms with Gasteiger partial charge in [-0.2, -0.15) is 0 Å². The lowest BCUT2D eigenvalue weighted by Crippen LogP contribution is -2.43. The van der Waals surface area contributed by atoms with Gasteiger partial charge in [0.05, 0.1) is 25.0 Å². The molecule has 1 saturated heterocycles. The fraction of sp³-hybridized carbons (Fsp3) is 0.636.